The molecule has 0 aliphatic rings. The van der Waals surface area contributed by atoms with Crippen LogP contribution in [0.1, 0.15) is 6.92 Å². The Bertz CT molecular complexity index is 913. The van der Waals surface area contributed by atoms with E-state index >= 15 is 0 Å². The Morgan fingerprint density at radius 2 is 1.43 bits per heavy atom. The van der Waals surface area contributed by atoms with Crippen molar-refractivity contribution >= 4 is 27.4 Å². The van der Waals surface area contributed by atoms with Crippen molar-refractivity contribution in [2.75, 3.05) is 25.7 Å². The van der Waals surface area contributed by atoms with Gasteiger partial charge < -0.3 is 24.4 Å². The summed E-state index contributed by atoms with van der Waals surface area (Å²) in [5, 5.41) is 18.1. The average molecular weight is 459 g/mol. The molecule has 2 rings (SSSR count). The van der Waals surface area contributed by atoms with Crippen LogP contribution in [0, 0.1) is 0 Å². The molecule has 0 saturated carbocycles. The third-order valence-corrected chi connectivity index (χ3v) is 5.99. The number of halogens is 1. The van der Waals surface area contributed by atoms with Crippen LogP contribution in [0.2, 0.25) is 0 Å². The fourth-order valence-corrected chi connectivity index (χ4v) is 3.76. The van der Waals surface area contributed by atoms with E-state index in [1.54, 1.807) is 0 Å². The molecule has 10 heteroatoms. The van der Waals surface area contributed by atoms with Crippen LogP contribution in [-0.4, -0.2) is 62.5 Å². The highest BCUT2D eigenvalue weighted by molar-refractivity contribution is 7.91. The second-order valence-electron chi connectivity index (χ2n) is 6.29. The van der Waals surface area contributed by atoms with E-state index < -0.39 is 34.6 Å². The van der Waals surface area contributed by atoms with Crippen molar-refractivity contribution in [3.8, 4) is 11.5 Å². The van der Waals surface area contributed by atoms with E-state index in [1.807, 2.05) is 0 Å². The van der Waals surface area contributed by atoms with Gasteiger partial charge in [-0.3, -0.25) is 4.79 Å². The van der Waals surface area contributed by atoms with Gasteiger partial charge >= 0.3 is 5.97 Å². The average Bonchev–Trinajstić information content (AvgIpc) is 2.75. The first-order chi connectivity index (χ1) is 14.3. The van der Waals surface area contributed by atoms with E-state index in [0.717, 1.165) is 0 Å². The fourth-order valence-electron chi connectivity index (χ4n) is 2.35. The molecule has 8 nitrogen and oxygen atoms in total. The first-order valence-corrected chi connectivity index (χ1v) is 11.0. The lowest BCUT2D eigenvalue weighted by Gasteiger charge is -2.15. The molecule has 30 heavy (non-hydrogen) atoms. The van der Waals surface area contributed by atoms with Crippen molar-refractivity contribution in [3.63, 3.8) is 0 Å². The number of hydrogen-bond donors (Lipinski definition) is 2. The van der Waals surface area contributed by atoms with E-state index in [1.165, 1.54) is 55.5 Å². The summed E-state index contributed by atoms with van der Waals surface area (Å²) >= 11 is 5.72. The molecule has 0 aliphatic heterocycles. The molecular weight excluding hydrogens is 436 g/mol. The molecule has 2 unspecified atom stereocenters. The Morgan fingerprint density at radius 3 is 1.83 bits per heavy atom. The quantitative estimate of drug-likeness (QED) is 0.386. The highest BCUT2D eigenvalue weighted by Crippen LogP contribution is 2.25. The smallest absolute Gasteiger partial charge is 0.303 e. The number of esters is 1. The number of hydrogen-bond acceptors (Lipinski definition) is 8. The van der Waals surface area contributed by atoms with E-state index in [2.05, 4.69) is 0 Å². The molecule has 0 heterocycles. The molecule has 0 spiro atoms. The van der Waals surface area contributed by atoms with E-state index in [4.69, 9.17) is 30.9 Å². The van der Waals surface area contributed by atoms with Gasteiger partial charge in [-0.25, -0.2) is 8.42 Å². The van der Waals surface area contributed by atoms with Gasteiger partial charge in [0, 0.05) is 6.92 Å². The van der Waals surface area contributed by atoms with Crippen molar-refractivity contribution in [1.82, 2.24) is 0 Å². The summed E-state index contributed by atoms with van der Waals surface area (Å²) in [5.41, 5.74) is 0. The number of aliphatic hydroxyl groups is 2. The lowest BCUT2D eigenvalue weighted by atomic mass is 10.3. The fraction of sp³-hybridized carbons (Fsp3) is 0.350. The highest BCUT2D eigenvalue weighted by atomic mass is 35.5. The minimum absolute atomic E-state index is 0.0433. The number of ether oxygens (including phenoxy) is 3. The number of sulfone groups is 1. The van der Waals surface area contributed by atoms with Gasteiger partial charge in [0.1, 0.15) is 36.9 Å². The van der Waals surface area contributed by atoms with Gasteiger partial charge in [0.15, 0.2) is 0 Å². The van der Waals surface area contributed by atoms with Gasteiger partial charge in [-0.2, -0.15) is 0 Å². The predicted octanol–water partition coefficient (Wildman–Crippen LogP) is 1.80. The molecule has 0 saturated heterocycles. The van der Waals surface area contributed by atoms with Crippen LogP contribution in [-0.2, 0) is 19.4 Å². The van der Waals surface area contributed by atoms with Gasteiger partial charge in [0.2, 0.25) is 9.84 Å². The summed E-state index contributed by atoms with van der Waals surface area (Å²) in [7, 11) is -3.75. The maximum Gasteiger partial charge on any atom is 0.303 e. The number of rotatable bonds is 11. The standard InChI is InChI=1S/C20H23ClO8S/c1-14(23)29-18(10-21)13-28-17-4-8-20(9-5-17)30(25,26)19-6-2-16(3-7-19)27-12-15(24)11-22/h2-9,15,18,22,24H,10-13H2,1H3. The molecule has 164 valence electrons. The van der Waals surface area contributed by atoms with Crippen LogP contribution in [0.4, 0.5) is 0 Å². The Kier molecular flexibility index (Phi) is 8.91. The molecule has 0 amide bonds. The predicted molar refractivity (Wildman–Crippen MR) is 109 cm³/mol. The van der Waals surface area contributed by atoms with Crippen LogP contribution >= 0.6 is 11.6 Å². The van der Waals surface area contributed by atoms with Crippen LogP contribution in [0.5, 0.6) is 11.5 Å². The van der Waals surface area contributed by atoms with Crippen LogP contribution in [0.3, 0.4) is 0 Å². The number of benzene rings is 2. The van der Waals surface area contributed by atoms with Gasteiger partial charge in [0.05, 0.1) is 22.3 Å². The summed E-state index contributed by atoms with van der Waals surface area (Å²) in [6, 6.07) is 11.5. The van der Waals surface area contributed by atoms with Gasteiger partial charge in [-0.05, 0) is 48.5 Å². The van der Waals surface area contributed by atoms with Crippen molar-refractivity contribution in [2.45, 2.75) is 28.9 Å². The highest BCUT2D eigenvalue weighted by Gasteiger charge is 2.18. The summed E-state index contributed by atoms with van der Waals surface area (Å²) < 4.78 is 41.3. The summed E-state index contributed by atoms with van der Waals surface area (Å²) in [5.74, 6) is 0.381. The van der Waals surface area contributed by atoms with Crippen LogP contribution < -0.4 is 9.47 Å². The van der Waals surface area contributed by atoms with Crippen molar-refractivity contribution < 1.29 is 37.6 Å². The molecular formula is C20H23ClO8S. The lowest BCUT2D eigenvalue weighted by Crippen LogP contribution is -2.25. The Balaban J connectivity index is 2.03. The second-order valence-corrected chi connectivity index (χ2v) is 8.55. The molecule has 0 fully saturated rings. The Labute approximate surface area is 179 Å². The number of carbonyl (C=O) groups excluding carboxylic acids is 1. The van der Waals surface area contributed by atoms with E-state index in [0.29, 0.717) is 11.5 Å². The summed E-state index contributed by atoms with van der Waals surface area (Å²) in [4.78, 5) is 11.1. The summed E-state index contributed by atoms with van der Waals surface area (Å²) in [6.07, 6.45) is -1.62. The van der Waals surface area contributed by atoms with Crippen LogP contribution in [0.25, 0.3) is 0 Å². The van der Waals surface area contributed by atoms with E-state index in [9.17, 15) is 18.3 Å². The molecule has 0 bridgehead atoms. The molecule has 2 aromatic carbocycles. The number of carbonyl (C=O) groups is 1. The molecule has 2 N–H and O–H groups in total. The maximum atomic E-state index is 12.8. The third-order valence-electron chi connectivity index (χ3n) is 3.86. The zero-order chi connectivity index (χ0) is 22.1. The van der Waals surface area contributed by atoms with Gasteiger partial charge in [-0.1, -0.05) is 0 Å². The Hall–Kier alpha value is -2.33. The zero-order valence-corrected chi connectivity index (χ0v) is 17.8. The second kappa shape index (κ2) is 11.2. The number of alkyl halides is 1. The first kappa shape index (κ1) is 23.9. The minimum atomic E-state index is -3.75. The summed E-state index contributed by atoms with van der Waals surface area (Å²) in [6.45, 7) is 0.784. The monoisotopic (exact) mass is 458 g/mol. The third kappa shape index (κ3) is 6.88. The van der Waals surface area contributed by atoms with Gasteiger partial charge in [0.25, 0.3) is 0 Å². The largest absolute Gasteiger partial charge is 0.491 e. The van der Waals surface area contributed by atoms with Crippen molar-refractivity contribution in [3.05, 3.63) is 48.5 Å². The first-order valence-electron chi connectivity index (χ1n) is 8.99. The van der Waals surface area contributed by atoms with Gasteiger partial charge in [-0.15, -0.1) is 11.6 Å². The molecule has 2 atom stereocenters. The SMILES string of the molecule is CC(=O)OC(CCl)COc1ccc(S(=O)(=O)c2ccc(OCC(O)CO)cc2)cc1. The zero-order valence-electron chi connectivity index (χ0n) is 16.2. The minimum Gasteiger partial charge on any atom is -0.491 e. The normalized spacial score (nSPS) is 13.3. The lowest BCUT2D eigenvalue weighted by molar-refractivity contribution is -0.146. The molecule has 0 aromatic heterocycles. The molecule has 0 aliphatic carbocycles. The van der Waals surface area contributed by atoms with Crippen molar-refractivity contribution in [2.24, 2.45) is 0 Å². The molecule has 0 radical (unpaired) electrons. The Morgan fingerprint density at radius 1 is 0.967 bits per heavy atom. The van der Waals surface area contributed by atoms with Crippen molar-refractivity contribution in [1.29, 1.82) is 0 Å². The topological polar surface area (TPSA) is 119 Å². The number of aliphatic hydroxyl groups excluding tert-OH is 2. The van der Waals surface area contributed by atoms with E-state index in [-0.39, 0.29) is 28.9 Å². The maximum absolute atomic E-state index is 12.8. The molecule has 2 aromatic rings. The van der Waals surface area contributed by atoms with Crippen LogP contribution in [0.15, 0.2) is 58.3 Å².